The molecule has 2 rings (SSSR count). The first-order valence-electron chi connectivity index (χ1n) is 3.29. The van der Waals surface area contributed by atoms with Gasteiger partial charge >= 0.3 is 0 Å². The Hall–Kier alpha value is -0.180. The summed E-state index contributed by atoms with van der Waals surface area (Å²) in [5.41, 5.74) is 0. The Labute approximate surface area is 58.3 Å². The summed E-state index contributed by atoms with van der Waals surface area (Å²) in [7, 11) is 0. The van der Waals surface area contributed by atoms with Crippen LogP contribution in [0.25, 0.3) is 0 Å². The maximum absolute atomic E-state index is 8.46. The van der Waals surface area contributed by atoms with Gasteiger partial charge in [-0.3, -0.25) is 0 Å². The van der Waals surface area contributed by atoms with Crippen molar-refractivity contribution < 1.29 is 5.21 Å². The van der Waals surface area contributed by atoms with Crippen molar-refractivity contribution in [1.82, 2.24) is 0 Å². The molecule has 1 saturated carbocycles. The lowest BCUT2D eigenvalue weighted by Crippen LogP contribution is -2.04. The number of hydrogen-bond acceptors (Lipinski definition) is 3. The number of rotatable bonds is 0. The first kappa shape index (κ1) is 5.59. The van der Waals surface area contributed by atoms with Gasteiger partial charge in [-0.15, -0.1) is 11.8 Å². The lowest BCUT2D eigenvalue weighted by molar-refractivity contribution is 0.317. The first-order valence-corrected chi connectivity index (χ1v) is 4.16. The molecule has 0 radical (unpaired) electrons. The van der Waals surface area contributed by atoms with Gasteiger partial charge < -0.3 is 5.21 Å². The summed E-state index contributed by atoms with van der Waals surface area (Å²) in [6.45, 7) is 0. The normalized spacial score (nSPS) is 44.7. The van der Waals surface area contributed by atoms with Gasteiger partial charge in [0.05, 0.1) is 0 Å². The second kappa shape index (κ2) is 1.90. The standard InChI is InChI=1S/C6H9NOS/c8-7-6-4-1-2-5(3-4)9-6/h4-5,8H,1-3H2/b7-6+. The average molecular weight is 143 g/mol. The molecule has 1 saturated heterocycles. The summed E-state index contributed by atoms with van der Waals surface area (Å²) in [6, 6.07) is 0. The van der Waals surface area contributed by atoms with Gasteiger partial charge in [-0.05, 0) is 19.3 Å². The molecule has 2 atom stereocenters. The Morgan fingerprint density at radius 3 is 2.78 bits per heavy atom. The van der Waals surface area contributed by atoms with E-state index in [1.54, 1.807) is 11.8 Å². The van der Waals surface area contributed by atoms with Crippen LogP contribution in [0.3, 0.4) is 0 Å². The predicted octanol–water partition coefficient (Wildman–Crippen LogP) is 1.69. The summed E-state index contributed by atoms with van der Waals surface area (Å²) in [4.78, 5) is 0. The number of hydrogen-bond donors (Lipinski definition) is 1. The molecular formula is C6H9NOS. The van der Waals surface area contributed by atoms with Gasteiger partial charge in [-0.25, -0.2) is 0 Å². The van der Waals surface area contributed by atoms with E-state index < -0.39 is 0 Å². The maximum Gasteiger partial charge on any atom is 0.116 e. The molecule has 2 bridgehead atoms. The lowest BCUT2D eigenvalue weighted by Gasteiger charge is -2.07. The van der Waals surface area contributed by atoms with Crippen LogP contribution in [0.1, 0.15) is 19.3 Å². The molecule has 2 fully saturated rings. The Morgan fingerprint density at radius 1 is 1.56 bits per heavy atom. The van der Waals surface area contributed by atoms with Crippen LogP contribution in [0.5, 0.6) is 0 Å². The third-order valence-corrected chi connectivity index (χ3v) is 3.54. The second-order valence-electron chi connectivity index (χ2n) is 2.69. The quantitative estimate of drug-likeness (QED) is 0.413. The molecule has 0 aromatic carbocycles. The van der Waals surface area contributed by atoms with Gasteiger partial charge in [0.25, 0.3) is 0 Å². The van der Waals surface area contributed by atoms with Crippen LogP contribution in [0, 0.1) is 5.92 Å². The first-order chi connectivity index (χ1) is 4.40. The van der Waals surface area contributed by atoms with Gasteiger partial charge in [-0.2, -0.15) is 0 Å². The largest absolute Gasteiger partial charge is 0.410 e. The van der Waals surface area contributed by atoms with E-state index in [0.29, 0.717) is 5.92 Å². The number of oxime groups is 1. The van der Waals surface area contributed by atoms with Gasteiger partial charge in [0.2, 0.25) is 0 Å². The van der Waals surface area contributed by atoms with E-state index in [1.165, 1.54) is 19.3 Å². The predicted molar refractivity (Wildman–Crippen MR) is 37.9 cm³/mol. The summed E-state index contributed by atoms with van der Waals surface area (Å²) < 4.78 is 0. The van der Waals surface area contributed by atoms with Crippen molar-refractivity contribution in [3.05, 3.63) is 0 Å². The molecule has 0 aromatic rings. The SMILES string of the molecule is O/N=C1/SC2CCC1C2. The zero-order valence-electron chi connectivity index (χ0n) is 5.08. The van der Waals surface area contributed by atoms with Crippen molar-refractivity contribution >= 4 is 16.8 Å². The van der Waals surface area contributed by atoms with Crippen molar-refractivity contribution in [3.8, 4) is 0 Å². The van der Waals surface area contributed by atoms with Crippen molar-refractivity contribution in [2.45, 2.75) is 24.5 Å². The Bertz CT molecular complexity index is 157. The minimum absolute atomic E-state index is 0.616. The molecule has 9 heavy (non-hydrogen) atoms. The van der Waals surface area contributed by atoms with Crippen LogP contribution < -0.4 is 0 Å². The van der Waals surface area contributed by atoms with Crippen LogP contribution in [0.2, 0.25) is 0 Å². The van der Waals surface area contributed by atoms with Crippen molar-refractivity contribution in [2.75, 3.05) is 0 Å². The summed E-state index contributed by atoms with van der Waals surface area (Å²) in [5.74, 6) is 0.616. The van der Waals surface area contributed by atoms with Crippen molar-refractivity contribution in [1.29, 1.82) is 0 Å². The highest BCUT2D eigenvalue weighted by molar-refractivity contribution is 8.14. The Balaban J connectivity index is 2.18. The average Bonchev–Trinajstić information content (AvgIpc) is 2.45. The molecule has 1 aliphatic heterocycles. The molecule has 2 unspecified atom stereocenters. The fourth-order valence-electron chi connectivity index (χ4n) is 1.64. The van der Waals surface area contributed by atoms with Crippen LogP contribution in [-0.4, -0.2) is 15.5 Å². The van der Waals surface area contributed by atoms with Crippen LogP contribution in [0.4, 0.5) is 0 Å². The molecule has 2 aliphatic rings. The van der Waals surface area contributed by atoms with Gasteiger partial charge in [0, 0.05) is 11.2 Å². The molecule has 1 aliphatic carbocycles. The summed E-state index contributed by atoms with van der Waals surface area (Å²) >= 11 is 1.76. The number of fused-ring (bicyclic) bond motifs is 2. The molecule has 1 heterocycles. The zero-order valence-corrected chi connectivity index (χ0v) is 5.90. The van der Waals surface area contributed by atoms with E-state index in [9.17, 15) is 0 Å². The minimum Gasteiger partial charge on any atom is -0.410 e. The van der Waals surface area contributed by atoms with E-state index in [-0.39, 0.29) is 0 Å². The molecule has 1 N–H and O–H groups in total. The molecule has 50 valence electrons. The smallest absolute Gasteiger partial charge is 0.116 e. The van der Waals surface area contributed by atoms with Crippen molar-refractivity contribution in [3.63, 3.8) is 0 Å². The fourth-order valence-corrected chi connectivity index (χ4v) is 3.02. The highest BCUT2D eigenvalue weighted by atomic mass is 32.2. The van der Waals surface area contributed by atoms with Crippen molar-refractivity contribution in [2.24, 2.45) is 11.1 Å². The minimum atomic E-state index is 0.616. The van der Waals surface area contributed by atoms with E-state index in [2.05, 4.69) is 5.16 Å². The molecule has 3 heteroatoms. The van der Waals surface area contributed by atoms with Crippen LogP contribution >= 0.6 is 11.8 Å². The monoisotopic (exact) mass is 143 g/mol. The van der Waals surface area contributed by atoms with E-state index in [1.807, 2.05) is 0 Å². The summed E-state index contributed by atoms with van der Waals surface area (Å²) in [6.07, 6.45) is 3.83. The van der Waals surface area contributed by atoms with E-state index in [4.69, 9.17) is 5.21 Å². The maximum atomic E-state index is 8.46. The van der Waals surface area contributed by atoms with Gasteiger partial charge in [0.1, 0.15) is 5.04 Å². The third-order valence-electron chi connectivity index (χ3n) is 2.12. The molecule has 0 amide bonds. The molecular weight excluding hydrogens is 134 g/mol. The Kier molecular flexibility index (Phi) is 1.18. The van der Waals surface area contributed by atoms with Crippen LogP contribution in [0.15, 0.2) is 5.16 Å². The lowest BCUT2D eigenvalue weighted by atomic mass is 10.1. The van der Waals surface area contributed by atoms with Gasteiger partial charge in [0.15, 0.2) is 0 Å². The molecule has 2 nitrogen and oxygen atoms in total. The van der Waals surface area contributed by atoms with E-state index >= 15 is 0 Å². The third kappa shape index (κ3) is 0.748. The Morgan fingerprint density at radius 2 is 2.44 bits per heavy atom. The van der Waals surface area contributed by atoms with Crippen LogP contribution in [-0.2, 0) is 0 Å². The zero-order chi connectivity index (χ0) is 6.27. The van der Waals surface area contributed by atoms with Gasteiger partial charge in [-0.1, -0.05) is 5.16 Å². The molecule has 0 aromatic heterocycles. The number of thioether (sulfide) groups is 1. The second-order valence-corrected chi connectivity index (χ2v) is 4.01. The highest BCUT2D eigenvalue weighted by Gasteiger charge is 2.37. The fraction of sp³-hybridized carbons (Fsp3) is 0.833. The summed E-state index contributed by atoms with van der Waals surface area (Å²) in [5, 5.41) is 13.5. The van der Waals surface area contributed by atoms with E-state index in [0.717, 1.165) is 10.3 Å². The molecule has 0 spiro atoms. The number of nitrogens with zero attached hydrogens (tertiary/aromatic N) is 1. The topological polar surface area (TPSA) is 32.6 Å². The highest BCUT2D eigenvalue weighted by Crippen LogP contribution is 2.45.